The smallest absolute Gasteiger partial charge is 0.295 e. The fraction of sp³-hybridized carbons (Fsp3) is 0.238. The molecule has 1 saturated heterocycles. The number of aliphatic hydroxyl groups excluding tert-OH is 1. The summed E-state index contributed by atoms with van der Waals surface area (Å²) in [5.74, 6) is -2.01. The lowest BCUT2D eigenvalue weighted by Crippen LogP contribution is -2.38. The number of amides is 1. The summed E-state index contributed by atoms with van der Waals surface area (Å²) in [6.07, 6.45) is -0.805. The Balaban J connectivity index is 2.15. The van der Waals surface area contributed by atoms with Gasteiger partial charge in [-0.1, -0.05) is 30.3 Å². The van der Waals surface area contributed by atoms with Gasteiger partial charge in [0.1, 0.15) is 5.76 Å². The van der Waals surface area contributed by atoms with Crippen LogP contribution in [0.25, 0.3) is 5.76 Å². The fourth-order valence-electron chi connectivity index (χ4n) is 3.35. The van der Waals surface area contributed by atoms with E-state index >= 15 is 0 Å². The van der Waals surface area contributed by atoms with Crippen LogP contribution in [0.2, 0.25) is 0 Å². The number of hydrogen-bond acceptors (Lipinski definition) is 7. The van der Waals surface area contributed by atoms with Gasteiger partial charge in [0.25, 0.3) is 17.4 Å². The van der Waals surface area contributed by atoms with Gasteiger partial charge < -0.3 is 19.5 Å². The van der Waals surface area contributed by atoms with Crippen LogP contribution in [0, 0.1) is 10.1 Å². The first-order valence-corrected chi connectivity index (χ1v) is 9.02. The minimum Gasteiger partial charge on any atom is -0.507 e. The molecule has 3 rings (SSSR count). The van der Waals surface area contributed by atoms with Gasteiger partial charge >= 0.3 is 0 Å². The van der Waals surface area contributed by atoms with Gasteiger partial charge in [0.2, 0.25) is 0 Å². The van der Waals surface area contributed by atoms with E-state index in [9.17, 15) is 24.8 Å². The number of non-ortho nitro benzene ring substituents is 1. The molecule has 1 N–H and O–H groups in total. The molecule has 0 bridgehead atoms. The van der Waals surface area contributed by atoms with E-state index in [4.69, 9.17) is 9.47 Å². The Labute approximate surface area is 172 Å². The van der Waals surface area contributed by atoms with E-state index in [-0.39, 0.29) is 23.6 Å². The summed E-state index contributed by atoms with van der Waals surface area (Å²) in [4.78, 5) is 37.3. The van der Waals surface area contributed by atoms with Crippen molar-refractivity contribution in [1.29, 1.82) is 0 Å². The predicted molar refractivity (Wildman–Crippen MR) is 106 cm³/mol. The Morgan fingerprint density at radius 2 is 1.70 bits per heavy atom. The topological polar surface area (TPSA) is 119 Å². The molecule has 0 radical (unpaired) electrons. The number of methoxy groups -OCH3 is 2. The summed E-state index contributed by atoms with van der Waals surface area (Å²) in [5, 5.41) is 21.8. The second-order valence-electron chi connectivity index (χ2n) is 6.57. The van der Waals surface area contributed by atoms with Crippen LogP contribution in [0.4, 0.5) is 5.69 Å². The van der Waals surface area contributed by atoms with Gasteiger partial charge in [-0.3, -0.25) is 19.7 Å². The van der Waals surface area contributed by atoms with Crippen LogP contribution in [0.15, 0.2) is 60.2 Å². The molecule has 1 atom stereocenters. The average molecular weight is 412 g/mol. The van der Waals surface area contributed by atoms with Crippen molar-refractivity contribution in [2.24, 2.45) is 0 Å². The number of carbonyl (C=O) groups is 2. The molecule has 0 aromatic heterocycles. The number of nitro benzene ring substituents is 1. The minimum absolute atomic E-state index is 0.0786. The average Bonchev–Trinajstić information content (AvgIpc) is 3.02. The molecule has 30 heavy (non-hydrogen) atoms. The van der Waals surface area contributed by atoms with Crippen LogP contribution in [0.5, 0.6) is 0 Å². The minimum atomic E-state index is -0.959. The first-order chi connectivity index (χ1) is 14.4. The molecule has 156 valence electrons. The molecule has 9 heteroatoms. The lowest BCUT2D eigenvalue weighted by atomic mass is 9.95. The quantitative estimate of drug-likeness (QED) is 0.185. The lowest BCUT2D eigenvalue weighted by molar-refractivity contribution is -0.384. The number of likely N-dealkylation sites (tertiary alicyclic amines) is 1. The zero-order valence-electron chi connectivity index (χ0n) is 16.3. The number of hydrogen-bond donors (Lipinski definition) is 1. The van der Waals surface area contributed by atoms with Crippen molar-refractivity contribution in [1.82, 2.24) is 4.90 Å². The number of nitro groups is 1. The molecule has 1 amide bonds. The van der Waals surface area contributed by atoms with Gasteiger partial charge in [0.15, 0.2) is 6.29 Å². The summed E-state index contributed by atoms with van der Waals surface area (Å²) >= 11 is 0. The van der Waals surface area contributed by atoms with E-state index < -0.39 is 28.9 Å². The van der Waals surface area contributed by atoms with Crippen molar-refractivity contribution in [2.75, 3.05) is 20.8 Å². The standard InChI is InChI=1S/C21H20N2O7/c1-29-16(30-2)12-22-18(13-8-10-15(11-9-13)23(27)28)17(20(25)21(22)26)19(24)14-6-4-3-5-7-14/h3-11,16,18,24H,12H2,1-2H3/t18-/m0/s1. The Kier molecular flexibility index (Phi) is 6.24. The highest BCUT2D eigenvalue weighted by Crippen LogP contribution is 2.39. The number of ketones is 1. The second kappa shape index (κ2) is 8.85. The summed E-state index contributed by atoms with van der Waals surface area (Å²) in [7, 11) is 2.80. The zero-order chi connectivity index (χ0) is 21.8. The molecule has 2 aromatic rings. The normalized spacial score (nSPS) is 18.2. The summed E-state index contributed by atoms with van der Waals surface area (Å²) in [6.45, 7) is -0.0786. The van der Waals surface area contributed by atoms with E-state index in [0.717, 1.165) is 0 Å². The second-order valence-corrected chi connectivity index (χ2v) is 6.57. The maximum Gasteiger partial charge on any atom is 0.295 e. The molecule has 1 heterocycles. The third-order valence-corrected chi connectivity index (χ3v) is 4.88. The van der Waals surface area contributed by atoms with Crippen LogP contribution in [-0.4, -0.2) is 53.7 Å². The Morgan fingerprint density at radius 1 is 1.10 bits per heavy atom. The first-order valence-electron chi connectivity index (χ1n) is 9.02. The third kappa shape index (κ3) is 3.93. The third-order valence-electron chi connectivity index (χ3n) is 4.88. The molecule has 1 aliphatic heterocycles. The highest BCUT2D eigenvalue weighted by molar-refractivity contribution is 6.46. The fourth-order valence-corrected chi connectivity index (χ4v) is 3.35. The number of carbonyl (C=O) groups excluding carboxylic acids is 2. The van der Waals surface area contributed by atoms with Crippen molar-refractivity contribution in [3.05, 3.63) is 81.4 Å². The van der Waals surface area contributed by atoms with Crippen LogP contribution in [-0.2, 0) is 19.1 Å². The molecule has 2 aromatic carbocycles. The van der Waals surface area contributed by atoms with E-state index in [1.54, 1.807) is 30.3 Å². The van der Waals surface area contributed by atoms with Crippen molar-refractivity contribution < 1.29 is 29.1 Å². The Hall–Kier alpha value is -3.56. The van der Waals surface area contributed by atoms with Gasteiger partial charge in [-0.15, -0.1) is 0 Å². The maximum atomic E-state index is 12.8. The zero-order valence-corrected chi connectivity index (χ0v) is 16.3. The molecule has 0 aliphatic carbocycles. The van der Waals surface area contributed by atoms with Gasteiger partial charge in [-0.05, 0) is 17.7 Å². The van der Waals surface area contributed by atoms with Gasteiger partial charge in [-0.2, -0.15) is 0 Å². The van der Waals surface area contributed by atoms with E-state index in [1.807, 2.05) is 0 Å². The molecule has 1 fully saturated rings. The van der Waals surface area contributed by atoms with Gasteiger partial charge in [0, 0.05) is 31.9 Å². The Morgan fingerprint density at radius 3 is 2.23 bits per heavy atom. The van der Waals surface area contributed by atoms with Crippen molar-refractivity contribution >= 4 is 23.1 Å². The van der Waals surface area contributed by atoms with Gasteiger partial charge in [0.05, 0.1) is 23.1 Å². The number of rotatable bonds is 7. The molecular formula is C21H20N2O7. The summed E-state index contributed by atoms with van der Waals surface area (Å²) < 4.78 is 10.3. The van der Waals surface area contributed by atoms with Crippen LogP contribution < -0.4 is 0 Å². The van der Waals surface area contributed by atoms with Crippen molar-refractivity contribution in [3.63, 3.8) is 0 Å². The van der Waals surface area contributed by atoms with Crippen LogP contribution in [0.1, 0.15) is 17.2 Å². The summed E-state index contributed by atoms with van der Waals surface area (Å²) in [6, 6.07) is 12.9. The van der Waals surface area contributed by atoms with Crippen molar-refractivity contribution in [3.8, 4) is 0 Å². The predicted octanol–water partition coefficient (Wildman–Crippen LogP) is 2.64. The largest absolute Gasteiger partial charge is 0.507 e. The first kappa shape index (κ1) is 21.2. The van der Waals surface area contributed by atoms with Gasteiger partial charge in [-0.25, -0.2) is 0 Å². The monoisotopic (exact) mass is 412 g/mol. The molecule has 1 aliphatic rings. The SMILES string of the molecule is COC(CN1C(=O)C(=O)C(=C(O)c2ccccc2)[C@@H]1c1ccc([N+](=O)[O-])cc1)OC. The number of ether oxygens (including phenoxy) is 2. The highest BCUT2D eigenvalue weighted by atomic mass is 16.7. The van der Waals surface area contributed by atoms with Crippen LogP contribution in [0.3, 0.4) is 0 Å². The van der Waals surface area contributed by atoms with E-state index in [0.29, 0.717) is 11.1 Å². The Bertz CT molecular complexity index is 982. The number of nitrogens with zero attached hydrogens (tertiary/aromatic N) is 2. The number of benzene rings is 2. The maximum absolute atomic E-state index is 12.8. The molecule has 0 saturated carbocycles. The number of aliphatic hydroxyl groups is 1. The molecule has 0 unspecified atom stereocenters. The summed E-state index contributed by atoms with van der Waals surface area (Å²) in [5.41, 5.74) is 0.567. The molecule has 0 spiro atoms. The van der Waals surface area contributed by atoms with Crippen molar-refractivity contribution in [2.45, 2.75) is 12.3 Å². The van der Waals surface area contributed by atoms with E-state index in [1.165, 1.54) is 43.4 Å². The van der Waals surface area contributed by atoms with E-state index in [2.05, 4.69) is 0 Å². The number of Topliss-reactive ketones (excluding diaryl/α,β-unsaturated/α-hetero) is 1. The molecule has 9 nitrogen and oxygen atoms in total. The highest BCUT2D eigenvalue weighted by Gasteiger charge is 2.46. The molecular weight excluding hydrogens is 392 g/mol. The van der Waals surface area contributed by atoms with Crippen LogP contribution >= 0.6 is 0 Å². The lowest BCUT2D eigenvalue weighted by Gasteiger charge is -2.28.